The summed E-state index contributed by atoms with van der Waals surface area (Å²) >= 11 is 5.98. The van der Waals surface area contributed by atoms with E-state index in [0.29, 0.717) is 10.7 Å². The Kier molecular flexibility index (Phi) is 4.46. The number of rotatable bonds is 5. The van der Waals surface area contributed by atoms with Crippen LogP contribution in [0.15, 0.2) is 12.1 Å². The number of halogens is 1. The summed E-state index contributed by atoms with van der Waals surface area (Å²) in [5.74, 6) is 1.01. The van der Waals surface area contributed by atoms with Crippen molar-refractivity contribution in [3.05, 3.63) is 28.5 Å². The molecule has 1 N–H and O–H groups in total. The van der Waals surface area contributed by atoms with Gasteiger partial charge in [-0.15, -0.1) is 0 Å². The van der Waals surface area contributed by atoms with Gasteiger partial charge in [-0.05, 0) is 37.3 Å². The van der Waals surface area contributed by atoms with Crippen LogP contribution in [0.4, 0.5) is 0 Å². The van der Waals surface area contributed by atoms with E-state index in [1.165, 1.54) is 12.8 Å². The van der Waals surface area contributed by atoms with E-state index in [1.54, 1.807) is 6.07 Å². The van der Waals surface area contributed by atoms with Crippen LogP contribution in [0.2, 0.25) is 5.15 Å². The fourth-order valence-electron chi connectivity index (χ4n) is 2.16. The maximum absolute atomic E-state index is 12.2. The maximum Gasteiger partial charge on any atom is 0.251 e. The molecule has 0 aromatic carbocycles. The molecular weight excluding hydrogens is 260 g/mol. The molecule has 0 saturated heterocycles. The zero-order valence-electron chi connectivity index (χ0n) is 11.7. The van der Waals surface area contributed by atoms with E-state index in [0.717, 1.165) is 18.0 Å². The Morgan fingerprint density at radius 1 is 1.42 bits per heavy atom. The fraction of sp³-hybridized carbons (Fsp3) is 0.600. The number of hydrogen-bond donors (Lipinski definition) is 1. The van der Waals surface area contributed by atoms with Crippen LogP contribution in [-0.4, -0.2) is 16.9 Å². The summed E-state index contributed by atoms with van der Waals surface area (Å²) < 4.78 is 0. The number of nitrogens with zero attached hydrogens (tertiary/aromatic N) is 1. The lowest BCUT2D eigenvalue weighted by molar-refractivity contribution is 0.0937. The zero-order valence-corrected chi connectivity index (χ0v) is 12.5. The average Bonchev–Trinajstić information content (AvgIpc) is 3.11. The Morgan fingerprint density at radius 2 is 2.11 bits per heavy atom. The highest BCUT2D eigenvalue weighted by molar-refractivity contribution is 6.29. The molecule has 1 atom stereocenters. The molecule has 104 valence electrons. The number of carbonyl (C=O) groups excluding carboxylic acids is 1. The number of hydrogen-bond acceptors (Lipinski definition) is 2. The van der Waals surface area contributed by atoms with E-state index < -0.39 is 0 Å². The van der Waals surface area contributed by atoms with Crippen LogP contribution in [0.5, 0.6) is 0 Å². The highest BCUT2D eigenvalue weighted by Crippen LogP contribution is 2.33. The van der Waals surface area contributed by atoms with Crippen molar-refractivity contribution in [2.75, 3.05) is 0 Å². The fourth-order valence-corrected chi connectivity index (χ4v) is 2.38. The molecule has 0 spiro atoms. The number of pyridine rings is 1. The molecule has 1 amide bonds. The minimum absolute atomic E-state index is 0.0562. The lowest BCUT2D eigenvalue weighted by Crippen LogP contribution is -2.33. The predicted octanol–water partition coefficient (Wildman–Crippen LogP) is 3.78. The highest BCUT2D eigenvalue weighted by Gasteiger charge is 2.24. The van der Waals surface area contributed by atoms with Gasteiger partial charge in [0.25, 0.3) is 5.91 Å². The Morgan fingerprint density at radius 3 is 2.68 bits per heavy atom. The summed E-state index contributed by atoms with van der Waals surface area (Å²) in [6, 6.07) is 3.68. The summed E-state index contributed by atoms with van der Waals surface area (Å²) in [6.07, 6.45) is 3.68. The molecule has 2 rings (SSSR count). The van der Waals surface area contributed by atoms with Gasteiger partial charge >= 0.3 is 0 Å². The average molecular weight is 281 g/mol. The van der Waals surface area contributed by atoms with Gasteiger partial charge in [-0.25, -0.2) is 4.98 Å². The first-order valence-corrected chi connectivity index (χ1v) is 7.32. The summed E-state index contributed by atoms with van der Waals surface area (Å²) in [7, 11) is 0. The molecule has 1 aliphatic rings. The molecular formula is C15H21ClN2O. The first kappa shape index (κ1) is 14.3. The van der Waals surface area contributed by atoms with Crippen LogP contribution in [0, 0.1) is 5.92 Å². The molecule has 1 fully saturated rings. The van der Waals surface area contributed by atoms with Crippen LogP contribution < -0.4 is 5.32 Å². The van der Waals surface area contributed by atoms with Gasteiger partial charge in [-0.3, -0.25) is 4.79 Å². The summed E-state index contributed by atoms with van der Waals surface area (Å²) in [6.45, 7) is 6.13. The molecule has 19 heavy (non-hydrogen) atoms. The molecule has 3 nitrogen and oxygen atoms in total. The lowest BCUT2D eigenvalue weighted by atomic mass is 10.1. The molecule has 1 saturated carbocycles. The smallest absolute Gasteiger partial charge is 0.251 e. The molecule has 1 unspecified atom stereocenters. The summed E-state index contributed by atoms with van der Waals surface area (Å²) in [5, 5.41) is 3.42. The van der Waals surface area contributed by atoms with Crippen LogP contribution in [0.3, 0.4) is 0 Å². The minimum atomic E-state index is -0.0562. The van der Waals surface area contributed by atoms with Gasteiger partial charge in [0, 0.05) is 17.3 Å². The van der Waals surface area contributed by atoms with E-state index in [4.69, 9.17) is 11.6 Å². The third-order valence-electron chi connectivity index (χ3n) is 3.43. The van der Waals surface area contributed by atoms with E-state index in [-0.39, 0.29) is 17.9 Å². The number of aromatic nitrogens is 1. The molecule has 0 bridgehead atoms. The zero-order chi connectivity index (χ0) is 14.0. The predicted molar refractivity (Wildman–Crippen MR) is 77.6 cm³/mol. The van der Waals surface area contributed by atoms with Crippen molar-refractivity contribution in [2.24, 2.45) is 5.92 Å². The number of amides is 1. The number of carbonyl (C=O) groups is 1. The highest BCUT2D eigenvalue weighted by atomic mass is 35.5. The van der Waals surface area contributed by atoms with E-state index in [1.807, 2.05) is 19.9 Å². The van der Waals surface area contributed by atoms with Crippen LogP contribution in [0.1, 0.15) is 62.0 Å². The third-order valence-corrected chi connectivity index (χ3v) is 3.62. The minimum Gasteiger partial charge on any atom is -0.350 e. The molecule has 0 radical (unpaired) electrons. The quantitative estimate of drug-likeness (QED) is 0.834. The van der Waals surface area contributed by atoms with Gasteiger partial charge in [0.2, 0.25) is 0 Å². The molecule has 1 aliphatic carbocycles. The largest absolute Gasteiger partial charge is 0.350 e. The first-order chi connectivity index (χ1) is 8.95. The molecule has 1 heterocycles. The Labute approximate surface area is 119 Å². The van der Waals surface area contributed by atoms with Crippen LogP contribution >= 0.6 is 11.6 Å². The van der Waals surface area contributed by atoms with Crippen molar-refractivity contribution < 1.29 is 4.79 Å². The Balaban J connectivity index is 2.04. The third kappa shape index (κ3) is 4.20. The van der Waals surface area contributed by atoms with Crippen molar-refractivity contribution in [3.63, 3.8) is 0 Å². The van der Waals surface area contributed by atoms with E-state index in [9.17, 15) is 4.79 Å². The van der Waals surface area contributed by atoms with E-state index in [2.05, 4.69) is 17.2 Å². The topological polar surface area (TPSA) is 42.0 Å². The molecule has 1 aromatic rings. The van der Waals surface area contributed by atoms with Gasteiger partial charge in [0.15, 0.2) is 0 Å². The van der Waals surface area contributed by atoms with Crippen molar-refractivity contribution in [1.29, 1.82) is 0 Å². The summed E-state index contributed by atoms with van der Waals surface area (Å²) in [4.78, 5) is 16.4. The van der Waals surface area contributed by atoms with Crippen molar-refractivity contribution in [2.45, 2.75) is 52.0 Å². The second kappa shape index (κ2) is 5.91. The molecule has 4 heteroatoms. The normalized spacial score (nSPS) is 16.5. The van der Waals surface area contributed by atoms with Gasteiger partial charge in [-0.2, -0.15) is 0 Å². The first-order valence-electron chi connectivity index (χ1n) is 6.94. The van der Waals surface area contributed by atoms with Gasteiger partial charge in [0.1, 0.15) is 5.15 Å². The molecule has 1 aromatic heterocycles. The van der Waals surface area contributed by atoms with E-state index >= 15 is 0 Å². The second-order valence-corrected chi connectivity index (χ2v) is 6.20. The van der Waals surface area contributed by atoms with Crippen molar-refractivity contribution >= 4 is 17.5 Å². The van der Waals surface area contributed by atoms with Crippen molar-refractivity contribution in [3.8, 4) is 0 Å². The standard InChI is InChI=1S/C15H21ClN2O/c1-9(2)13-7-12(8-14(16)18-13)15(19)17-10(3)6-11-4-5-11/h7-11H,4-6H2,1-3H3,(H,17,19). The summed E-state index contributed by atoms with van der Waals surface area (Å²) in [5.41, 5.74) is 1.46. The maximum atomic E-state index is 12.2. The monoisotopic (exact) mass is 280 g/mol. The van der Waals surface area contributed by atoms with Gasteiger partial charge < -0.3 is 5.32 Å². The SMILES string of the molecule is CC(CC1CC1)NC(=O)c1cc(Cl)nc(C(C)C)c1. The Bertz CT molecular complexity index is 469. The lowest BCUT2D eigenvalue weighted by Gasteiger charge is -2.14. The van der Waals surface area contributed by atoms with Crippen molar-refractivity contribution in [1.82, 2.24) is 10.3 Å². The van der Waals surface area contributed by atoms with Gasteiger partial charge in [0.05, 0.1) is 0 Å². The van der Waals surface area contributed by atoms with Crippen LogP contribution in [-0.2, 0) is 0 Å². The number of nitrogens with one attached hydrogen (secondary N) is 1. The second-order valence-electron chi connectivity index (χ2n) is 5.81. The Hall–Kier alpha value is -1.09. The van der Waals surface area contributed by atoms with Crippen LogP contribution in [0.25, 0.3) is 0 Å². The molecule has 0 aliphatic heterocycles. The van der Waals surface area contributed by atoms with Gasteiger partial charge in [-0.1, -0.05) is 38.3 Å².